The Balaban J connectivity index is 1.89. The molecule has 0 bridgehead atoms. The number of aromatic nitrogens is 2. The molecule has 2 N–H and O–H groups in total. The highest BCUT2D eigenvalue weighted by molar-refractivity contribution is 7.89. The third kappa shape index (κ3) is 3.33. The van der Waals surface area contributed by atoms with Crippen molar-refractivity contribution >= 4 is 10.0 Å². The van der Waals surface area contributed by atoms with Gasteiger partial charge in [-0.15, -0.1) is 0 Å². The normalized spacial score (nSPS) is 20.7. The molecule has 0 aliphatic carbocycles. The van der Waals surface area contributed by atoms with Crippen molar-refractivity contribution in [1.82, 2.24) is 14.3 Å². The molecular weight excluding hydrogens is 324 g/mol. The van der Waals surface area contributed by atoms with Gasteiger partial charge in [-0.05, 0) is 19.8 Å². The number of nitrogens with two attached hydrogens (primary N) is 1. The summed E-state index contributed by atoms with van der Waals surface area (Å²) in [5.41, 5.74) is 6.85. The molecule has 1 aromatic carbocycles. The lowest BCUT2D eigenvalue weighted by atomic mass is 10.00. The molecule has 1 aromatic heterocycles. The monoisotopic (exact) mass is 346 g/mol. The minimum atomic E-state index is -3.63. The first-order valence-electron chi connectivity index (χ1n) is 8.15. The second kappa shape index (κ2) is 6.96. The van der Waals surface area contributed by atoms with Crippen LogP contribution in [0.15, 0.2) is 47.6 Å². The highest BCUT2D eigenvalue weighted by Gasteiger charge is 2.35. The van der Waals surface area contributed by atoms with Crippen LogP contribution in [0.2, 0.25) is 0 Å². The first kappa shape index (κ1) is 17.0. The SMILES string of the molecule is CC(N)C1CCCCN1S(=O)(=O)c1cnc(-c2ccccc2)nc1. The maximum Gasteiger partial charge on any atom is 0.246 e. The standard InChI is InChI=1S/C17H22N4O2S/c1-13(18)16-9-5-6-10-21(16)24(22,23)15-11-19-17(20-12-15)14-7-3-2-4-8-14/h2-4,7-8,11-13,16H,5-6,9-10,18H2,1H3. The van der Waals surface area contributed by atoms with Gasteiger partial charge >= 0.3 is 0 Å². The fraction of sp³-hybridized carbons (Fsp3) is 0.412. The van der Waals surface area contributed by atoms with E-state index in [9.17, 15) is 8.42 Å². The van der Waals surface area contributed by atoms with E-state index in [0.29, 0.717) is 12.4 Å². The molecule has 1 aliphatic rings. The summed E-state index contributed by atoms with van der Waals surface area (Å²) in [5, 5.41) is 0. The topological polar surface area (TPSA) is 89.2 Å². The Kier molecular flexibility index (Phi) is 4.93. The second-order valence-electron chi connectivity index (χ2n) is 6.15. The van der Waals surface area contributed by atoms with Crippen LogP contribution in [0, 0.1) is 0 Å². The summed E-state index contributed by atoms with van der Waals surface area (Å²) < 4.78 is 27.4. The van der Waals surface area contributed by atoms with Crippen molar-refractivity contribution in [3.63, 3.8) is 0 Å². The highest BCUT2D eigenvalue weighted by Crippen LogP contribution is 2.26. The zero-order valence-corrected chi connectivity index (χ0v) is 14.5. The van der Waals surface area contributed by atoms with Crippen LogP contribution in [0.25, 0.3) is 11.4 Å². The van der Waals surface area contributed by atoms with Crippen molar-refractivity contribution in [2.75, 3.05) is 6.54 Å². The van der Waals surface area contributed by atoms with Crippen molar-refractivity contribution < 1.29 is 8.42 Å². The van der Waals surface area contributed by atoms with Gasteiger partial charge in [-0.3, -0.25) is 0 Å². The summed E-state index contributed by atoms with van der Waals surface area (Å²) in [5.74, 6) is 0.511. The largest absolute Gasteiger partial charge is 0.326 e. The molecule has 7 heteroatoms. The first-order valence-corrected chi connectivity index (χ1v) is 9.59. The van der Waals surface area contributed by atoms with Crippen LogP contribution in [-0.2, 0) is 10.0 Å². The molecule has 2 atom stereocenters. The molecule has 24 heavy (non-hydrogen) atoms. The van der Waals surface area contributed by atoms with Crippen LogP contribution in [0.3, 0.4) is 0 Å². The number of rotatable bonds is 4. The Bertz CT molecular complexity index is 776. The molecule has 2 aromatic rings. The van der Waals surface area contributed by atoms with E-state index < -0.39 is 10.0 Å². The van der Waals surface area contributed by atoms with Gasteiger partial charge in [0.1, 0.15) is 4.90 Å². The van der Waals surface area contributed by atoms with Crippen molar-refractivity contribution in [2.24, 2.45) is 5.73 Å². The van der Waals surface area contributed by atoms with Crippen LogP contribution < -0.4 is 5.73 Å². The van der Waals surface area contributed by atoms with E-state index >= 15 is 0 Å². The van der Waals surface area contributed by atoms with Gasteiger partial charge in [-0.1, -0.05) is 36.8 Å². The minimum absolute atomic E-state index is 0.120. The lowest BCUT2D eigenvalue weighted by Crippen LogP contribution is -2.51. The van der Waals surface area contributed by atoms with Gasteiger partial charge in [-0.25, -0.2) is 18.4 Å². The maximum atomic E-state index is 12.9. The van der Waals surface area contributed by atoms with Gasteiger partial charge < -0.3 is 5.73 Å². The summed E-state index contributed by atoms with van der Waals surface area (Å²) in [6.45, 7) is 2.35. The van der Waals surface area contributed by atoms with E-state index in [1.807, 2.05) is 37.3 Å². The van der Waals surface area contributed by atoms with E-state index in [4.69, 9.17) is 5.73 Å². The minimum Gasteiger partial charge on any atom is -0.326 e. The molecule has 2 unspecified atom stereocenters. The fourth-order valence-electron chi connectivity index (χ4n) is 3.08. The van der Waals surface area contributed by atoms with Gasteiger partial charge in [0.2, 0.25) is 10.0 Å². The van der Waals surface area contributed by atoms with Crippen molar-refractivity contribution in [1.29, 1.82) is 0 Å². The average Bonchev–Trinajstić information content (AvgIpc) is 2.62. The number of hydrogen-bond acceptors (Lipinski definition) is 5. The van der Waals surface area contributed by atoms with Gasteiger partial charge in [0.05, 0.1) is 12.4 Å². The number of benzene rings is 1. The molecular formula is C17H22N4O2S. The lowest BCUT2D eigenvalue weighted by Gasteiger charge is -2.36. The van der Waals surface area contributed by atoms with Gasteiger partial charge in [0, 0.05) is 24.2 Å². The zero-order chi connectivity index (χ0) is 17.2. The molecule has 1 saturated heterocycles. The van der Waals surface area contributed by atoms with Crippen molar-refractivity contribution in [3.05, 3.63) is 42.7 Å². The maximum absolute atomic E-state index is 12.9. The van der Waals surface area contributed by atoms with E-state index in [-0.39, 0.29) is 17.0 Å². The molecule has 0 saturated carbocycles. The van der Waals surface area contributed by atoms with Gasteiger partial charge in [0.15, 0.2) is 5.82 Å². The summed E-state index contributed by atoms with van der Waals surface area (Å²) in [7, 11) is -3.63. The summed E-state index contributed by atoms with van der Waals surface area (Å²) in [4.78, 5) is 8.58. The number of sulfonamides is 1. The molecule has 1 aliphatic heterocycles. The third-order valence-electron chi connectivity index (χ3n) is 4.37. The summed E-state index contributed by atoms with van der Waals surface area (Å²) in [6.07, 6.45) is 5.42. The average molecular weight is 346 g/mol. The predicted octanol–water partition coefficient (Wildman–Crippen LogP) is 2.03. The van der Waals surface area contributed by atoms with Crippen LogP contribution >= 0.6 is 0 Å². The molecule has 0 radical (unpaired) electrons. The van der Waals surface area contributed by atoms with E-state index in [2.05, 4.69) is 9.97 Å². The van der Waals surface area contributed by atoms with E-state index in [0.717, 1.165) is 24.8 Å². The third-order valence-corrected chi connectivity index (χ3v) is 6.25. The predicted molar refractivity (Wildman–Crippen MR) is 92.6 cm³/mol. The van der Waals surface area contributed by atoms with Crippen molar-refractivity contribution in [2.45, 2.75) is 43.2 Å². The fourth-order valence-corrected chi connectivity index (χ4v) is 4.74. The van der Waals surface area contributed by atoms with Gasteiger partial charge in [0.25, 0.3) is 0 Å². The highest BCUT2D eigenvalue weighted by atomic mass is 32.2. The second-order valence-corrected chi connectivity index (χ2v) is 8.04. The van der Waals surface area contributed by atoms with Crippen LogP contribution in [0.4, 0.5) is 0 Å². The lowest BCUT2D eigenvalue weighted by molar-refractivity contribution is 0.227. The Morgan fingerprint density at radius 1 is 1.17 bits per heavy atom. The Labute approximate surface area is 142 Å². The molecule has 6 nitrogen and oxygen atoms in total. The molecule has 0 amide bonds. The first-order chi connectivity index (χ1) is 11.5. The molecule has 3 rings (SSSR count). The van der Waals surface area contributed by atoms with Crippen LogP contribution in [-0.4, -0.2) is 41.3 Å². The van der Waals surface area contributed by atoms with E-state index in [1.54, 1.807) is 0 Å². The molecule has 0 spiro atoms. The van der Waals surface area contributed by atoms with Crippen LogP contribution in [0.1, 0.15) is 26.2 Å². The Hall–Kier alpha value is -1.83. The molecule has 1 fully saturated rings. The number of nitrogens with zero attached hydrogens (tertiary/aromatic N) is 3. The summed E-state index contributed by atoms with van der Waals surface area (Å²) in [6, 6.07) is 9.10. The van der Waals surface area contributed by atoms with E-state index in [1.165, 1.54) is 16.7 Å². The van der Waals surface area contributed by atoms with Crippen LogP contribution in [0.5, 0.6) is 0 Å². The number of piperidine rings is 1. The molecule has 128 valence electrons. The zero-order valence-electron chi connectivity index (χ0n) is 13.7. The quantitative estimate of drug-likeness (QED) is 0.915. The van der Waals surface area contributed by atoms with Gasteiger partial charge in [-0.2, -0.15) is 4.31 Å². The molecule has 2 heterocycles. The Morgan fingerprint density at radius 2 is 1.83 bits per heavy atom. The number of hydrogen-bond donors (Lipinski definition) is 1. The smallest absolute Gasteiger partial charge is 0.246 e. The summed E-state index contributed by atoms with van der Waals surface area (Å²) >= 11 is 0. The Morgan fingerprint density at radius 3 is 2.46 bits per heavy atom. The van der Waals surface area contributed by atoms with Crippen molar-refractivity contribution in [3.8, 4) is 11.4 Å².